The third-order valence-corrected chi connectivity index (χ3v) is 5.96. The highest BCUT2D eigenvalue weighted by molar-refractivity contribution is 7.90. The number of sulfone groups is 1. The van der Waals surface area contributed by atoms with E-state index >= 15 is 0 Å². The van der Waals surface area contributed by atoms with Gasteiger partial charge in [0.1, 0.15) is 11.5 Å². The maximum atomic E-state index is 12.5. The van der Waals surface area contributed by atoms with Crippen molar-refractivity contribution in [3.05, 3.63) is 59.7 Å². The van der Waals surface area contributed by atoms with Gasteiger partial charge in [0.05, 0.1) is 25.5 Å². The lowest BCUT2D eigenvalue weighted by atomic mass is 10.2. The molecular weight excluding hydrogens is 402 g/mol. The Kier molecular flexibility index (Phi) is 5.90. The van der Waals surface area contributed by atoms with Gasteiger partial charge in [0.2, 0.25) is 15.0 Å². The van der Waals surface area contributed by atoms with Gasteiger partial charge in [0, 0.05) is 17.6 Å². The topological polar surface area (TPSA) is 107 Å². The Labute approximate surface area is 166 Å². The first-order valence-electron chi connectivity index (χ1n) is 8.06. The minimum atomic E-state index is -3.72. The Morgan fingerprint density at radius 1 is 1.11 bits per heavy atom. The van der Waals surface area contributed by atoms with Gasteiger partial charge in [-0.3, -0.25) is 10.1 Å². The van der Waals surface area contributed by atoms with Gasteiger partial charge in [0.25, 0.3) is 11.1 Å². The Bertz CT molecular complexity index is 1080. The summed E-state index contributed by atoms with van der Waals surface area (Å²) < 4.78 is 39.1. The molecule has 0 spiro atoms. The molecule has 8 nitrogen and oxygen atoms in total. The zero-order valence-corrected chi connectivity index (χ0v) is 16.7. The van der Waals surface area contributed by atoms with Gasteiger partial charge in [-0.2, -0.15) is 9.36 Å². The van der Waals surface area contributed by atoms with Crippen molar-refractivity contribution in [2.24, 2.45) is 0 Å². The predicted octanol–water partition coefficient (Wildman–Crippen LogP) is 2.78. The third-order valence-electron chi connectivity index (χ3n) is 3.76. The summed E-state index contributed by atoms with van der Waals surface area (Å²) in [5.41, 5.74) is 0.887. The quantitative estimate of drug-likeness (QED) is 0.627. The molecule has 0 saturated carbocycles. The van der Waals surface area contributed by atoms with Crippen LogP contribution in [0.2, 0.25) is 0 Å². The largest absolute Gasteiger partial charge is 0.497 e. The second-order valence-corrected chi connectivity index (χ2v) is 8.28. The van der Waals surface area contributed by atoms with Crippen molar-refractivity contribution >= 4 is 32.4 Å². The van der Waals surface area contributed by atoms with Crippen LogP contribution in [0.15, 0.2) is 53.7 Å². The maximum absolute atomic E-state index is 12.5. The van der Waals surface area contributed by atoms with Crippen LogP contribution in [0.1, 0.15) is 15.9 Å². The number of rotatable bonds is 7. The lowest BCUT2D eigenvalue weighted by Gasteiger charge is -2.09. The summed E-state index contributed by atoms with van der Waals surface area (Å²) in [7, 11) is -0.777. The molecule has 0 aliphatic heterocycles. The van der Waals surface area contributed by atoms with Gasteiger partial charge in [0.15, 0.2) is 0 Å². The van der Waals surface area contributed by atoms with E-state index in [2.05, 4.69) is 14.7 Å². The first-order chi connectivity index (χ1) is 13.4. The fourth-order valence-electron chi connectivity index (χ4n) is 2.40. The number of hydrogen-bond acceptors (Lipinski definition) is 8. The highest BCUT2D eigenvalue weighted by atomic mass is 32.2. The van der Waals surface area contributed by atoms with E-state index in [0.717, 1.165) is 11.5 Å². The van der Waals surface area contributed by atoms with E-state index in [4.69, 9.17) is 9.47 Å². The van der Waals surface area contributed by atoms with E-state index in [-0.39, 0.29) is 21.6 Å². The van der Waals surface area contributed by atoms with Gasteiger partial charge in [-0.05, 0) is 17.7 Å². The van der Waals surface area contributed by atoms with Crippen molar-refractivity contribution in [1.29, 1.82) is 0 Å². The van der Waals surface area contributed by atoms with Crippen LogP contribution in [0.3, 0.4) is 0 Å². The van der Waals surface area contributed by atoms with E-state index < -0.39 is 15.7 Å². The van der Waals surface area contributed by atoms with Gasteiger partial charge in [-0.15, -0.1) is 0 Å². The van der Waals surface area contributed by atoms with Crippen molar-refractivity contribution in [2.75, 3.05) is 19.5 Å². The average Bonchev–Trinajstić information content (AvgIpc) is 3.17. The molecular formula is C18H17N3O5S2. The highest BCUT2D eigenvalue weighted by Gasteiger charge is 2.22. The van der Waals surface area contributed by atoms with E-state index in [1.807, 2.05) is 0 Å². The molecule has 0 unspecified atom stereocenters. The number of amides is 1. The van der Waals surface area contributed by atoms with E-state index in [1.165, 1.54) is 14.2 Å². The molecule has 0 aliphatic rings. The molecule has 1 heterocycles. The standard InChI is InChI=1S/C18H17N3O5S2/c1-25-13-8-9-14(15(10-13)26-2)16(22)19-17-20-18(21-27-17)28(23,24)11-12-6-4-3-5-7-12/h3-10H,11H2,1-2H3,(H,19,20,21,22). The van der Waals surface area contributed by atoms with E-state index in [0.29, 0.717) is 17.1 Å². The molecule has 2 aromatic carbocycles. The zero-order chi connectivity index (χ0) is 20.1. The van der Waals surface area contributed by atoms with Crippen LogP contribution in [0.4, 0.5) is 5.13 Å². The van der Waals surface area contributed by atoms with Crippen molar-refractivity contribution in [3.8, 4) is 11.5 Å². The van der Waals surface area contributed by atoms with Crippen LogP contribution >= 0.6 is 11.5 Å². The number of carbonyl (C=O) groups is 1. The lowest BCUT2D eigenvalue weighted by Crippen LogP contribution is -2.13. The van der Waals surface area contributed by atoms with Crippen LogP contribution in [0.5, 0.6) is 11.5 Å². The summed E-state index contributed by atoms with van der Waals surface area (Å²) in [5.74, 6) is 0.143. The molecule has 0 saturated heterocycles. The fraction of sp³-hybridized carbons (Fsp3) is 0.167. The van der Waals surface area contributed by atoms with Crippen LogP contribution in [0, 0.1) is 0 Å². The number of methoxy groups -OCH3 is 2. The summed E-state index contributed by atoms with van der Waals surface area (Å²) in [4.78, 5) is 16.5. The van der Waals surface area contributed by atoms with Gasteiger partial charge < -0.3 is 9.47 Å². The van der Waals surface area contributed by atoms with Gasteiger partial charge in [-0.25, -0.2) is 8.42 Å². The fourth-order valence-corrected chi connectivity index (χ4v) is 4.48. The molecule has 3 aromatic rings. The number of benzene rings is 2. The van der Waals surface area contributed by atoms with Crippen LogP contribution < -0.4 is 14.8 Å². The molecule has 28 heavy (non-hydrogen) atoms. The molecule has 3 rings (SSSR count). The molecule has 0 atom stereocenters. The number of aromatic nitrogens is 2. The van der Waals surface area contributed by atoms with Crippen molar-refractivity contribution in [3.63, 3.8) is 0 Å². The summed E-state index contributed by atoms with van der Waals surface area (Å²) in [6.45, 7) is 0. The molecule has 0 fully saturated rings. The number of nitrogens with zero attached hydrogens (tertiary/aromatic N) is 2. The second-order valence-electron chi connectivity index (χ2n) is 5.65. The number of ether oxygens (including phenoxy) is 2. The number of nitrogens with one attached hydrogen (secondary N) is 1. The first kappa shape index (κ1) is 19.8. The Morgan fingerprint density at radius 2 is 1.86 bits per heavy atom. The zero-order valence-electron chi connectivity index (χ0n) is 15.1. The predicted molar refractivity (Wildman–Crippen MR) is 105 cm³/mol. The van der Waals surface area contributed by atoms with Crippen molar-refractivity contribution in [1.82, 2.24) is 9.36 Å². The molecule has 1 aromatic heterocycles. The molecule has 1 amide bonds. The summed E-state index contributed by atoms with van der Waals surface area (Å²) in [6.07, 6.45) is 0. The first-order valence-corrected chi connectivity index (χ1v) is 10.5. The Morgan fingerprint density at radius 3 is 2.54 bits per heavy atom. The molecule has 0 radical (unpaired) electrons. The monoisotopic (exact) mass is 419 g/mol. The van der Waals surface area contributed by atoms with Crippen LogP contribution in [-0.4, -0.2) is 37.9 Å². The summed E-state index contributed by atoms with van der Waals surface area (Å²) >= 11 is 0.793. The summed E-state index contributed by atoms with van der Waals surface area (Å²) in [6, 6.07) is 13.5. The minimum absolute atomic E-state index is 0.0782. The number of carbonyl (C=O) groups excluding carboxylic acids is 1. The molecule has 1 N–H and O–H groups in total. The normalized spacial score (nSPS) is 11.1. The minimum Gasteiger partial charge on any atom is -0.497 e. The SMILES string of the molecule is COc1ccc(C(=O)Nc2nc(S(=O)(=O)Cc3ccccc3)ns2)c(OC)c1. The van der Waals surface area contributed by atoms with E-state index in [9.17, 15) is 13.2 Å². The van der Waals surface area contributed by atoms with Gasteiger partial charge in [-0.1, -0.05) is 30.3 Å². The lowest BCUT2D eigenvalue weighted by molar-refractivity contribution is 0.102. The number of anilines is 1. The van der Waals surface area contributed by atoms with Crippen molar-refractivity contribution < 1.29 is 22.7 Å². The molecule has 146 valence electrons. The summed E-state index contributed by atoms with van der Waals surface area (Å²) in [5, 5.41) is 2.30. The smallest absolute Gasteiger partial charge is 0.261 e. The van der Waals surface area contributed by atoms with Crippen molar-refractivity contribution in [2.45, 2.75) is 10.9 Å². The average molecular weight is 419 g/mol. The Balaban J connectivity index is 1.76. The number of hydrogen-bond donors (Lipinski definition) is 1. The highest BCUT2D eigenvalue weighted by Crippen LogP contribution is 2.26. The van der Waals surface area contributed by atoms with Gasteiger partial charge >= 0.3 is 0 Å². The van der Waals surface area contributed by atoms with Crippen LogP contribution in [0.25, 0.3) is 0 Å². The molecule has 10 heteroatoms. The Hall–Kier alpha value is -2.98. The van der Waals surface area contributed by atoms with Crippen LogP contribution in [-0.2, 0) is 15.6 Å². The maximum Gasteiger partial charge on any atom is 0.261 e. The third kappa shape index (κ3) is 4.46. The molecule has 0 bridgehead atoms. The molecule has 0 aliphatic carbocycles. The van der Waals surface area contributed by atoms with E-state index in [1.54, 1.807) is 48.5 Å². The second kappa shape index (κ2) is 8.36.